The van der Waals surface area contributed by atoms with Crippen LogP contribution >= 0.6 is 0 Å². The van der Waals surface area contributed by atoms with Crippen molar-refractivity contribution in [1.82, 2.24) is 0 Å². The van der Waals surface area contributed by atoms with Crippen molar-refractivity contribution in [2.75, 3.05) is 6.61 Å². The summed E-state index contributed by atoms with van der Waals surface area (Å²) in [5.74, 6) is 0. The molecule has 3 rings (SSSR count). The van der Waals surface area contributed by atoms with Crippen molar-refractivity contribution in [2.24, 2.45) is 0 Å². The minimum atomic E-state index is -0.552. The van der Waals surface area contributed by atoms with Crippen molar-refractivity contribution in [1.29, 1.82) is 0 Å². The fourth-order valence-corrected chi connectivity index (χ4v) is 5.22. The average Bonchev–Trinajstić information content (AvgIpc) is 2.75. The number of ether oxygens (including phenoxy) is 1. The Morgan fingerprint density at radius 3 is 2.07 bits per heavy atom. The number of hydrogen-bond acceptors (Lipinski definition) is 2. The number of hydrogen-bond donors (Lipinski definition) is 1. The van der Waals surface area contributed by atoms with Gasteiger partial charge in [-0.25, -0.2) is 0 Å². The van der Waals surface area contributed by atoms with E-state index >= 15 is 0 Å². The zero-order valence-electron chi connectivity index (χ0n) is 16.1. The summed E-state index contributed by atoms with van der Waals surface area (Å²) in [6, 6.07) is 30.7. The van der Waals surface area contributed by atoms with Gasteiger partial charge in [0.1, 0.15) is 0 Å². The zero-order valence-corrected chi connectivity index (χ0v) is 17.8. The molecule has 3 aromatic carbocycles. The predicted molar refractivity (Wildman–Crippen MR) is 118 cm³/mol. The van der Waals surface area contributed by atoms with Crippen molar-refractivity contribution >= 4 is 25.5 Å². The van der Waals surface area contributed by atoms with Crippen molar-refractivity contribution in [3.8, 4) is 0 Å². The van der Waals surface area contributed by atoms with Gasteiger partial charge in [0.2, 0.25) is 0 Å². The Kier molecular flexibility index (Phi) is 8.07. The van der Waals surface area contributed by atoms with Crippen LogP contribution in [0.4, 0.5) is 0 Å². The van der Waals surface area contributed by atoms with Crippen LogP contribution in [0, 0.1) is 0 Å². The van der Waals surface area contributed by atoms with Crippen LogP contribution in [0.2, 0.25) is 0 Å². The fourth-order valence-electron chi connectivity index (χ4n) is 3.01. The molecule has 0 radical (unpaired) electrons. The number of aliphatic hydroxyl groups excluding tert-OH is 1. The van der Waals surface area contributed by atoms with Gasteiger partial charge < -0.3 is 0 Å². The van der Waals surface area contributed by atoms with E-state index in [1.807, 2.05) is 61.5 Å². The summed E-state index contributed by atoms with van der Waals surface area (Å²) in [4.78, 5) is 0. The second kappa shape index (κ2) is 11.0. The molecule has 2 nitrogen and oxygen atoms in total. The summed E-state index contributed by atoms with van der Waals surface area (Å²) in [6.45, 7) is 2.63. The van der Waals surface area contributed by atoms with Crippen molar-refractivity contribution in [2.45, 2.75) is 25.6 Å². The van der Waals surface area contributed by atoms with Crippen LogP contribution in [0.5, 0.6) is 0 Å². The molecule has 0 saturated carbocycles. The first-order valence-electron chi connectivity index (χ1n) is 9.60. The molecule has 0 aromatic heterocycles. The molecule has 28 heavy (non-hydrogen) atoms. The van der Waals surface area contributed by atoms with Gasteiger partial charge in [0.25, 0.3) is 0 Å². The molecule has 0 aliphatic carbocycles. The van der Waals surface area contributed by atoms with Crippen LogP contribution in [-0.4, -0.2) is 32.8 Å². The zero-order chi connectivity index (χ0) is 19.6. The number of rotatable bonds is 9. The van der Waals surface area contributed by atoms with Gasteiger partial charge in [-0.05, 0) is 0 Å². The molecule has 0 aliphatic heterocycles. The Balaban J connectivity index is 1.88. The first-order chi connectivity index (χ1) is 13.8. The molecule has 2 atom stereocenters. The maximum atomic E-state index is 10.8. The topological polar surface area (TPSA) is 29.5 Å². The van der Waals surface area contributed by atoms with Crippen LogP contribution in [0.1, 0.15) is 30.6 Å². The second-order valence-electron chi connectivity index (χ2n) is 6.48. The summed E-state index contributed by atoms with van der Waals surface area (Å²) in [6.07, 6.45) is 2.10. The normalized spacial score (nSPS) is 13.9. The fraction of sp³-hybridized carbons (Fsp3) is 0.200. The molecule has 144 valence electrons. The van der Waals surface area contributed by atoms with Crippen molar-refractivity contribution in [3.63, 3.8) is 0 Å². The second-order valence-corrected chi connectivity index (χ2v) is 8.89. The third kappa shape index (κ3) is 6.19. The van der Waals surface area contributed by atoms with Gasteiger partial charge in [0, 0.05) is 0 Å². The third-order valence-corrected chi connectivity index (χ3v) is 6.75. The van der Waals surface area contributed by atoms with Gasteiger partial charge in [-0.3, -0.25) is 0 Å². The summed E-state index contributed by atoms with van der Waals surface area (Å²) in [7, 11) is 0. The SMILES string of the molecule is CCO[C@H](C[C@H](O)c1ccccc1)/C(=C/c1ccccc1)[Se]c1ccccc1. The van der Waals surface area contributed by atoms with E-state index in [4.69, 9.17) is 4.74 Å². The molecule has 0 spiro atoms. The third-order valence-electron chi connectivity index (χ3n) is 4.39. The molecule has 0 bridgehead atoms. The van der Waals surface area contributed by atoms with Crippen LogP contribution < -0.4 is 4.46 Å². The molecule has 0 fully saturated rings. The van der Waals surface area contributed by atoms with Crippen LogP contribution in [0.25, 0.3) is 6.08 Å². The number of aliphatic hydroxyl groups is 1. The molecule has 0 saturated heterocycles. The summed E-state index contributed by atoms with van der Waals surface area (Å²) in [5.41, 5.74) is 2.09. The Hall–Kier alpha value is -2.16. The molecular weight excluding hydrogens is 411 g/mol. The molecule has 0 unspecified atom stereocenters. The van der Waals surface area contributed by atoms with Crippen molar-refractivity contribution in [3.05, 3.63) is 107 Å². The molecule has 0 heterocycles. The summed E-state index contributed by atoms with van der Waals surface area (Å²) in [5, 5.41) is 10.8. The van der Waals surface area contributed by atoms with E-state index in [1.165, 1.54) is 8.93 Å². The molecule has 0 aliphatic rings. The predicted octanol–water partition coefficient (Wildman–Crippen LogP) is 4.59. The van der Waals surface area contributed by atoms with Crippen LogP contribution in [0.3, 0.4) is 0 Å². The van der Waals surface area contributed by atoms with E-state index in [0.29, 0.717) is 13.0 Å². The maximum absolute atomic E-state index is 10.8. The first-order valence-corrected chi connectivity index (χ1v) is 11.3. The van der Waals surface area contributed by atoms with Crippen LogP contribution in [-0.2, 0) is 4.74 Å². The first kappa shape index (κ1) is 20.6. The summed E-state index contributed by atoms with van der Waals surface area (Å²) < 4.78 is 8.67. The quantitative estimate of drug-likeness (QED) is 0.497. The Morgan fingerprint density at radius 2 is 1.46 bits per heavy atom. The van der Waals surface area contributed by atoms with Crippen LogP contribution in [0.15, 0.2) is 95.5 Å². The van der Waals surface area contributed by atoms with Crippen molar-refractivity contribution < 1.29 is 9.84 Å². The average molecular weight is 437 g/mol. The van der Waals surface area contributed by atoms with Gasteiger partial charge >= 0.3 is 174 Å². The molecular formula is C25H26O2Se. The molecule has 3 aromatic rings. The van der Waals surface area contributed by atoms with E-state index < -0.39 is 6.10 Å². The van der Waals surface area contributed by atoms with E-state index in [1.54, 1.807) is 0 Å². The standard InChI is InChI=1S/C25H26O2Se/c1-2-27-24(19-23(26)21-14-8-4-9-15-21)25(18-20-12-6-3-7-13-20)28-22-16-10-5-11-17-22/h3-18,23-24,26H,2,19H2,1H3/b25-18-/t23-,24+/m0/s1. The molecule has 0 amide bonds. The van der Waals surface area contributed by atoms with Gasteiger partial charge in [0.15, 0.2) is 0 Å². The monoisotopic (exact) mass is 438 g/mol. The Morgan fingerprint density at radius 1 is 0.893 bits per heavy atom. The Labute approximate surface area is 174 Å². The van der Waals surface area contributed by atoms with E-state index in [9.17, 15) is 5.11 Å². The summed E-state index contributed by atoms with van der Waals surface area (Å²) >= 11 is 0.118. The van der Waals surface area contributed by atoms with Gasteiger partial charge in [-0.1, -0.05) is 0 Å². The molecule has 3 heteroatoms. The van der Waals surface area contributed by atoms with Gasteiger partial charge in [0.05, 0.1) is 0 Å². The van der Waals surface area contributed by atoms with E-state index in [0.717, 1.165) is 11.1 Å². The number of benzene rings is 3. The van der Waals surface area contributed by atoms with E-state index in [2.05, 4.69) is 42.5 Å². The van der Waals surface area contributed by atoms with Gasteiger partial charge in [-0.15, -0.1) is 0 Å². The minimum absolute atomic E-state index is 0.118. The molecule has 1 N–H and O–H groups in total. The van der Waals surface area contributed by atoms with Gasteiger partial charge in [-0.2, -0.15) is 0 Å². The Bertz CT molecular complexity index is 847. The van der Waals surface area contributed by atoms with E-state index in [-0.39, 0.29) is 21.1 Å².